The Balaban J connectivity index is 1.71. The second kappa shape index (κ2) is 10.7. The Morgan fingerprint density at radius 3 is 2.81 bits per heavy atom. The summed E-state index contributed by atoms with van der Waals surface area (Å²) in [4.78, 5) is 16.0. The topological polar surface area (TPSA) is 84.0 Å². The standard InChI is InChI=1S/C24H32N4O3/c1-5-25-24(26-14-18-8-7-9-21(11-18)28-17(4)29)27-15-20-13-23-19(10-16(3)31-23)12-22(20)30-6-2/h7-9,11-13,16H,5-6,10,14-15H2,1-4H3,(H,28,29)(H2,25,26,27). The minimum absolute atomic E-state index is 0.0894. The smallest absolute Gasteiger partial charge is 0.221 e. The van der Waals surface area contributed by atoms with Crippen molar-refractivity contribution < 1.29 is 14.3 Å². The molecule has 0 spiro atoms. The van der Waals surface area contributed by atoms with Crippen molar-refractivity contribution in [2.75, 3.05) is 18.5 Å². The zero-order valence-electron chi connectivity index (χ0n) is 18.7. The van der Waals surface area contributed by atoms with Gasteiger partial charge in [-0.2, -0.15) is 0 Å². The summed E-state index contributed by atoms with van der Waals surface area (Å²) in [5.74, 6) is 2.44. The van der Waals surface area contributed by atoms with E-state index in [0.717, 1.165) is 41.3 Å². The van der Waals surface area contributed by atoms with Crippen molar-refractivity contribution in [2.45, 2.75) is 53.3 Å². The van der Waals surface area contributed by atoms with Crippen LogP contribution in [0.15, 0.2) is 41.4 Å². The molecule has 1 unspecified atom stereocenters. The Hall–Kier alpha value is -3.22. The maximum Gasteiger partial charge on any atom is 0.221 e. The molecule has 7 nitrogen and oxygen atoms in total. The van der Waals surface area contributed by atoms with E-state index in [1.54, 1.807) is 0 Å². The van der Waals surface area contributed by atoms with Crippen LogP contribution in [-0.4, -0.2) is 31.1 Å². The first kappa shape index (κ1) is 22.5. The lowest BCUT2D eigenvalue weighted by molar-refractivity contribution is -0.114. The van der Waals surface area contributed by atoms with Crippen LogP contribution in [0.1, 0.15) is 44.4 Å². The monoisotopic (exact) mass is 424 g/mol. The number of carbonyl (C=O) groups excluding carboxylic acids is 1. The molecule has 0 fully saturated rings. The third-order valence-corrected chi connectivity index (χ3v) is 4.84. The second-order valence-electron chi connectivity index (χ2n) is 7.56. The fourth-order valence-electron chi connectivity index (χ4n) is 3.55. The first-order chi connectivity index (χ1) is 15.0. The average Bonchev–Trinajstić information content (AvgIpc) is 3.08. The van der Waals surface area contributed by atoms with Gasteiger partial charge in [0.25, 0.3) is 0 Å². The highest BCUT2D eigenvalue weighted by Crippen LogP contribution is 2.35. The molecule has 7 heteroatoms. The van der Waals surface area contributed by atoms with Gasteiger partial charge in [-0.25, -0.2) is 4.99 Å². The van der Waals surface area contributed by atoms with Gasteiger partial charge in [0.2, 0.25) is 5.91 Å². The normalized spacial score (nSPS) is 15.1. The van der Waals surface area contributed by atoms with Gasteiger partial charge in [0.05, 0.1) is 13.2 Å². The number of ether oxygens (including phenoxy) is 2. The summed E-state index contributed by atoms with van der Waals surface area (Å²) >= 11 is 0. The summed E-state index contributed by atoms with van der Waals surface area (Å²) in [6.45, 7) is 10.0. The molecule has 3 N–H and O–H groups in total. The number of anilines is 1. The Kier molecular flexibility index (Phi) is 7.76. The van der Waals surface area contributed by atoms with Crippen molar-refractivity contribution in [1.29, 1.82) is 0 Å². The van der Waals surface area contributed by atoms with Gasteiger partial charge in [-0.3, -0.25) is 4.79 Å². The van der Waals surface area contributed by atoms with Gasteiger partial charge in [-0.05, 0) is 50.6 Å². The van der Waals surface area contributed by atoms with Crippen LogP contribution < -0.4 is 25.4 Å². The van der Waals surface area contributed by atoms with Gasteiger partial charge in [-0.15, -0.1) is 0 Å². The molecular weight excluding hydrogens is 392 g/mol. The predicted octanol–water partition coefficient (Wildman–Crippen LogP) is 3.62. The van der Waals surface area contributed by atoms with Crippen molar-refractivity contribution in [3.8, 4) is 11.5 Å². The molecule has 1 aliphatic rings. The highest BCUT2D eigenvalue weighted by Gasteiger charge is 2.21. The van der Waals surface area contributed by atoms with Crippen LogP contribution in [0, 0.1) is 0 Å². The van der Waals surface area contributed by atoms with Crippen LogP contribution in [0.2, 0.25) is 0 Å². The molecule has 1 atom stereocenters. The van der Waals surface area contributed by atoms with Gasteiger partial charge in [0.1, 0.15) is 17.6 Å². The molecule has 0 saturated heterocycles. The van der Waals surface area contributed by atoms with Crippen molar-refractivity contribution in [3.63, 3.8) is 0 Å². The largest absolute Gasteiger partial charge is 0.494 e. The lowest BCUT2D eigenvalue weighted by Crippen LogP contribution is -2.36. The highest BCUT2D eigenvalue weighted by atomic mass is 16.5. The summed E-state index contributed by atoms with van der Waals surface area (Å²) in [5.41, 5.74) is 4.01. The number of fused-ring (bicyclic) bond motifs is 1. The van der Waals surface area contributed by atoms with E-state index in [4.69, 9.17) is 9.47 Å². The fraction of sp³-hybridized carbons (Fsp3) is 0.417. The van der Waals surface area contributed by atoms with Crippen LogP contribution in [0.5, 0.6) is 11.5 Å². The van der Waals surface area contributed by atoms with E-state index in [1.807, 2.05) is 38.1 Å². The number of hydrogen-bond donors (Lipinski definition) is 3. The number of amides is 1. The van der Waals surface area contributed by atoms with Gasteiger partial charge in [0, 0.05) is 43.2 Å². The van der Waals surface area contributed by atoms with Gasteiger partial charge in [0.15, 0.2) is 5.96 Å². The predicted molar refractivity (Wildman–Crippen MR) is 124 cm³/mol. The van der Waals surface area contributed by atoms with Crippen LogP contribution >= 0.6 is 0 Å². The number of nitrogens with zero attached hydrogens (tertiary/aromatic N) is 1. The lowest BCUT2D eigenvalue weighted by Gasteiger charge is -2.15. The summed E-state index contributed by atoms with van der Waals surface area (Å²) in [6, 6.07) is 11.9. The molecule has 31 heavy (non-hydrogen) atoms. The number of benzene rings is 2. The Bertz CT molecular complexity index is 942. The molecule has 0 bridgehead atoms. The molecule has 3 rings (SSSR count). The zero-order valence-corrected chi connectivity index (χ0v) is 18.7. The van der Waals surface area contributed by atoms with Crippen LogP contribution in [0.4, 0.5) is 5.69 Å². The van der Waals surface area contributed by atoms with E-state index < -0.39 is 0 Å². The SMILES string of the molecule is CCNC(=NCc1cccc(NC(C)=O)c1)NCc1cc2c(cc1OCC)CC(C)O2. The van der Waals surface area contributed by atoms with Crippen molar-refractivity contribution >= 4 is 17.6 Å². The van der Waals surface area contributed by atoms with E-state index in [9.17, 15) is 4.79 Å². The summed E-state index contributed by atoms with van der Waals surface area (Å²) in [6.07, 6.45) is 1.10. The Morgan fingerprint density at radius 1 is 1.23 bits per heavy atom. The first-order valence-corrected chi connectivity index (χ1v) is 10.8. The minimum atomic E-state index is -0.0894. The molecule has 0 aromatic heterocycles. The molecule has 1 aliphatic heterocycles. The molecule has 1 amide bonds. The molecule has 0 aliphatic carbocycles. The molecule has 166 valence electrons. The third kappa shape index (κ3) is 6.38. The Morgan fingerprint density at radius 2 is 2.06 bits per heavy atom. The molecule has 2 aromatic rings. The fourth-order valence-corrected chi connectivity index (χ4v) is 3.55. The van der Waals surface area contributed by atoms with Crippen molar-refractivity contribution in [1.82, 2.24) is 10.6 Å². The highest BCUT2D eigenvalue weighted by molar-refractivity contribution is 5.88. The molecule has 0 saturated carbocycles. The van der Waals surface area contributed by atoms with Crippen LogP contribution in [0.3, 0.4) is 0 Å². The molecule has 0 radical (unpaired) electrons. The Labute approximate surface area is 184 Å². The van der Waals surface area contributed by atoms with Crippen molar-refractivity contribution in [3.05, 3.63) is 53.1 Å². The van der Waals surface area contributed by atoms with Gasteiger partial charge in [-0.1, -0.05) is 12.1 Å². The molecular formula is C24H32N4O3. The maximum absolute atomic E-state index is 11.3. The van der Waals surface area contributed by atoms with Crippen molar-refractivity contribution in [2.24, 2.45) is 4.99 Å². The number of rotatable bonds is 8. The van der Waals surface area contributed by atoms with Gasteiger partial charge < -0.3 is 25.4 Å². The van der Waals surface area contributed by atoms with E-state index in [1.165, 1.54) is 12.5 Å². The second-order valence-corrected chi connectivity index (χ2v) is 7.56. The molecule has 1 heterocycles. The maximum atomic E-state index is 11.3. The third-order valence-electron chi connectivity index (χ3n) is 4.84. The number of carbonyl (C=O) groups is 1. The zero-order chi connectivity index (χ0) is 22.2. The van der Waals surface area contributed by atoms with E-state index >= 15 is 0 Å². The van der Waals surface area contributed by atoms with Gasteiger partial charge >= 0.3 is 0 Å². The van der Waals surface area contributed by atoms with E-state index in [2.05, 4.69) is 40.0 Å². The number of nitrogens with one attached hydrogen (secondary N) is 3. The summed E-state index contributed by atoms with van der Waals surface area (Å²) < 4.78 is 11.8. The molecule has 2 aromatic carbocycles. The summed E-state index contributed by atoms with van der Waals surface area (Å²) in [5, 5.41) is 9.47. The lowest BCUT2D eigenvalue weighted by atomic mass is 10.1. The average molecular weight is 425 g/mol. The number of guanidine groups is 1. The van der Waals surface area contributed by atoms with E-state index in [-0.39, 0.29) is 12.0 Å². The van der Waals surface area contributed by atoms with Crippen LogP contribution in [0.25, 0.3) is 0 Å². The quantitative estimate of drug-likeness (QED) is 0.445. The first-order valence-electron chi connectivity index (χ1n) is 10.8. The van der Waals surface area contributed by atoms with E-state index in [0.29, 0.717) is 25.7 Å². The summed E-state index contributed by atoms with van der Waals surface area (Å²) in [7, 11) is 0. The van der Waals surface area contributed by atoms with Crippen LogP contribution in [-0.2, 0) is 24.3 Å². The number of aliphatic imine (C=N–C) groups is 1. The minimum Gasteiger partial charge on any atom is -0.494 e. The number of hydrogen-bond acceptors (Lipinski definition) is 4.